The number of rotatable bonds is 8. The lowest BCUT2D eigenvalue weighted by molar-refractivity contribution is -0.122. The minimum absolute atomic E-state index is 0.0843. The first kappa shape index (κ1) is 17.7. The molecule has 0 aliphatic carbocycles. The second kappa shape index (κ2) is 8.83. The molecule has 0 radical (unpaired) electrons. The van der Waals surface area contributed by atoms with E-state index in [-0.39, 0.29) is 17.9 Å². The van der Waals surface area contributed by atoms with Gasteiger partial charge in [-0.2, -0.15) is 0 Å². The largest absolute Gasteiger partial charge is 0.352 e. The molecule has 0 aliphatic heterocycles. The van der Waals surface area contributed by atoms with Crippen LogP contribution >= 0.6 is 0 Å². The van der Waals surface area contributed by atoms with E-state index >= 15 is 0 Å². The number of hydrogen-bond donors (Lipinski definition) is 2. The maximum absolute atomic E-state index is 12.3. The fraction of sp³-hybridized carbons (Fsp3) is 0.611. The van der Waals surface area contributed by atoms with Crippen molar-refractivity contribution < 1.29 is 4.79 Å². The minimum atomic E-state index is 0.0843. The molecule has 21 heavy (non-hydrogen) atoms. The van der Waals surface area contributed by atoms with Gasteiger partial charge >= 0.3 is 0 Å². The summed E-state index contributed by atoms with van der Waals surface area (Å²) >= 11 is 0. The monoisotopic (exact) mass is 290 g/mol. The molecule has 1 aromatic carbocycles. The molecule has 3 heteroatoms. The Hall–Kier alpha value is -1.35. The van der Waals surface area contributed by atoms with Crippen molar-refractivity contribution in [2.75, 3.05) is 6.54 Å². The molecule has 0 spiro atoms. The van der Waals surface area contributed by atoms with Crippen LogP contribution in [0.4, 0.5) is 0 Å². The number of carbonyl (C=O) groups excluding carboxylic acids is 1. The summed E-state index contributed by atoms with van der Waals surface area (Å²) in [6.07, 6.45) is 1.45. The lowest BCUT2D eigenvalue weighted by Gasteiger charge is -2.24. The minimum Gasteiger partial charge on any atom is -0.352 e. The third kappa shape index (κ3) is 6.30. The number of benzene rings is 1. The molecule has 1 aromatic rings. The fourth-order valence-electron chi connectivity index (χ4n) is 2.71. The molecule has 0 aliphatic rings. The van der Waals surface area contributed by atoms with Crippen LogP contribution in [0.2, 0.25) is 0 Å². The van der Waals surface area contributed by atoms with E-state index in [1.807, 2.05) is 18.2 Å². The predicted molar refractivity (Wildman–Crippen MR) is 89.1 cm³/mol. The van der Waals surface area contributed by atoms with Crippen molar-refractivity contribution >= 4 is 5.91 Å². The first-order valence-electron chi connectivity index (χ1n) is 7.98. The van der Waals surface area contributed by atoms with Gasteiger partial charge in [0.15, 0.2) is 0 Å². The van der Waals surface area contributed by atoms with Crippen LogP contribution in [0.25, 0.3) is 0 Å². The van der Waals surface area contributed by atoms with Crippen molar-refractivity contribution in [3.05, 3.63) is 35.9 Å². The maximum Gasteiger partial charge on any atom is 0.220 e. The van der Waals surface area contributed by atoms with E-state index in [0.717, 1.165) is 6.42 Å². The zero-order valence-corrected chi connectivity index (χ0v) is 13.8. The second-order valence-electron chi connectivity index (χ2n) is 6.60. The molecule has 3 nitrogen and oxygen atoms in total. The molecule has 2 unspecified atom stereocenters. The van der Waals surface area contributed by atoms with Crippen molar-refractivity contribution in [2.24, 2.45) is 17.6 Å². The Balaban J connectivity index is 2.65. The van der Waals surface area contributed by atoms with Gasteiger partial charge in [-0.05, 0) is 29.7 Å². The van der Waals surface area contributed by atoms with Crippen LogP contribution < -0.4 is 11.1 Å². The Bertz CT molecular complexity index is 414. The number of nitrogens with one attached hydrogen (secondary N) is 1. The van der Waals surface area contributed by atoms with Gasteiger partial charge < -0.3 is 11.1 Å². The predicted octanol–water partition coefficient (Wildman–Crippen LogP) is 3.31. The molecule has 0 saturated carbocycles. The number of hydrogen-bond acceptors (Lipinski definition) is 2. The third-order valence-electron chi connectivity index (χ3n) is 3.84. The van der Waals surface area contributed by atoms with Gasteiger partial charge in [0.25, 0.3) is 0 Å². The Labute approximate surface area is 129 Å². The summed E-state index contributed by atoms with van der Waals surface area (Å²) in [4.78, 5) is 12.3. The van der Waals surface area contributed by atoms with E-state index in [1.54, 1.807) is 0 Å². The van der Waals surface area contributed by atoms with Gasteiger partial charge in [0, 0.05) is 19.0 Å². The van der Waals surface area contributed by atoms with E-state index in [1.165, 1.54) is 5.56 Å². The lowest BCUT2D eigenvalue weighted by Crippen LogP contribution is -2.41. The third-order valence-corrected chi connectivity index (χ3v) is 3.84. The summed E-state index contributed by atoms with van der Waals surface area (Å²) in [6, 6.07) is 10.4. The van der Waals surface area contributed by atoms with E-state index in [9.17, 15) is 4.79 Å². The summed E-state index contributed by atoms with van der Waals surface area (Å²) in [7, 11) is 0. The SMILES string of the molecule is CC(C)CC(CN)NC(=O)CC(c1ccccc1)C(C)C. The zero-order valence-electron chi connectivity index (χ0n) is 13.8. The van der Waals surface area contributed by atoms with Crippen LogP contribution in [0.5, 0.6) is 0 Å². The van der Waals surface area contributed by atoms with Gasteiger partial charge in [0.1, 0.15) is 0 Å². The smallest absolute Gasteiger partial charge is 0.220 e. The number of nitrogens with two attached hydrogens (primary N) is 1. The Morgan fingerprint density at radius 1 is 1.14 bits per heavy atom. The van der Waals surface area contributed by atoms with Crippen LogP contribution in [-0.2, 0) is 4.79 Å². The first-order valence-corrected chi connectivity index (χ1v) is 7.98. The molecule has 2 atom stereocenters. The van der Waals surface area contributed by atoms with Crippen LogP contribution in [0.3, 0.4) is 0 Å². The molecule has 0 saturated heterocycles. The summed E-state index contributed by atoms with van der Waals surface area (Å²) in [6.45, 7) is 9.13. The highest BCUT2D eigenvalue weighted by Crippen LogP contribution is 2.27. The zero-order chi connectivity index (χ0) is 15.8. The quantitative estimate of drug-likeness (QED) is 0.772. The van der Waals surface area contributed by atoms with Gasteiger partial charge in [-0.3, -0.25) is 4.79 Å². The topological polar surface area (TPSA) is 55.1 Å². The average molecular weight is 290 g/mol. The number of amides is 1. The Morgan fingerprint density at radius 3 is 2.24 bits per heavy atom. The highest BCUT2D eigenvalue weighted by molar-refractivity contribution is 5.77. The van der Waals surface area contributed by atoms with Crippen molar-refractivity contribution in [1.29, 1.82) is 0 Å². The highest BCUT2D eigenvalue weighted by Gasteiger charge is 2.21. The van der Waals surface area contributed by atoms with Crippen LogP contribution in [0.15, 0.2) is 30.3 Å². The fourth-order valence-corrected chi connectivity index (χ4v) is 2.71. The molecule has 118 valence electrons. The van der Waals surface area contributed by atoms with E-state index < -0.39 is 0 Å². The molecule has 0 heterocycles. The highest BCUT2D eigenvalue weighted by atomic mass is 16.1. The van der Waals surface area contributed by atoms with Crippen LogP contribution in [0, 0.1) is 11.8 Å². The maximum atomic E-state index is 12.3. The first-order chi connectivity index (χ1) is 9.93. The summed E-state index contributed by atoms with van der Waals surface area (Å²) < 4.78 is 0. The molecule has 3 N–H and O–H groups in total. The van der Waals surface area contributed by atoms with Gasteiger partial charge in [0.05, 0.1) is 0 Å². The summed E-state index contributed by atoms with van der Waals surface area (Å²) in [5.41, 5.74) is 6.99. The number of carbonyl (C=O) groups is 1. The average Bonchev–Trinajstić information content (AvgIpc) is 2.44. The molecule has 0 bridgehead atoms. The van der Waals surface area contributed by atoms with Gasteiger partial charge in [-0.1, -0.05) is 58.0 Å². The molecule has 0 fully saturated rings. The molecule has 0 aromatic heterocycles. The Kier molecular flexibility index (Phi) is 7.44. The molecule has 1 amide bonds. The molecular formula is C18H30N2O. The second-order valence-corrected chi connectivity index (χ2v) is 6.60. The lowest BCUT2D eigenvalue weighted by atomic mass is 9.85. The van der Waals surface area contributed by atoms with Gasteiger partial charge in [0.2, 0.25) is 5.91 Å². The van der Waals surface area contributed by atoms with Crippen molar-refractivity contribution in [3.63, 3.8) is 0 Å². The van der Waals surface area contributed by atoms with Gasteiger partial charge in [-0.15, -0.1) is 0 Å². The Morgan fingerprint density at radius 2 is 1.76 bits per heavy atom. The van der Waals surface area contributed by atoms with Crippen molar-refractivity contribution in [3.8, 4) is 0 Å². The standard InChI is InChI=1S/C18H30N2O/c1-13(2)10-16(12-19)20-18(21)11-17(14(3)4)15-8-6-5-7-9-15/h5-9,13-14,16-17H,10-12,19H2,1-4H3,(H,20,21). The summed E-state index contributed by atoms with van der Waals surface area (Å²) in [5, 5.41) is 3.09. The van der Waals surface area contributed by atoms with Gasteiger partial charge in [-0.25, -0.2) is 0 Å². The van der Waals surface area contributed by atoms with E-state index in [4.69, 9.17) is 5.73 Å². The van der Waals surface area contributed by atoms with Crippen LogP contribution in [-0.4, -0.2) is 18.5 Å². The normalized spacial score (nSPS) is 14.2. The van der Waals surface area contributed by atoms with E-state index in [2.05, 4.69) is 45.1 Å². The van der Waals surface area contributed by atoms with Crippen molar-refractivity contribution in [2.45, 2.75) is 52.5 Å². The molecule has 1 rings (SSSR count). The van der Waals surface area contributed by atoms with Crippen LogP contribution in [0.1, 0.15) is 52.0 Å². The molecular weight excluding hydrogens is 260 g/mol. The summed E-state index contributed by atoms with van der Waals surface area (Å²) in [5.74, 6) is 1.32. The van der Waals surface area contributed by atoms with Crippen molar-refractivity contribution in [1.82, 2.24) is 5.32 Å². The van der Waals surface area contributed by atoms with E-state index in [0.29, 0.717) is 24.8 Å².